The summed E-state index contributed by atoms with van der Waals surface area (Å²) < 4.78 is 4.64. The third-order valence-electron chi connectivity index (χ3n) is 2.93. The van der Waals surface area contributed by atoms with Gasteiger partial charge in [-0.05, 0) is 11.7 Å². The maximum Gasteiger partial charge on any atom is 0.354 e. The molecule has 1 aliphatic rings. The molecule has 0 radical (unpaired) electrons. The summed E-state index contributed by atoms with van der Waals surface area (Å²) in [6, 6.07) is 0. The normalized spacial score (nSPS) is 17.6. The Kier molecular flexibility index (Phi) is 1.99. The molecule has 0 amide bonds. The zero-order valence-corrected chi connectivity index (χ0v) is 8.67. The molecule has 88 valence electrons. The summed E-state index contributed by atoms with van der Waals surface area (Å²) in [5.74, 6) is -1.19. The number of carbonyl (C=O) groups is 1. The van der Waals surface area contributed by atoms with Crippen LogP contribution in [0, 0.1) is 0 Å². The van der Waals surface area contributed by atoms with Gasteiger partial charge in [-0.15, -0.1) is 0 Å². The van der Waals surface area contributed by atoms with Crippen molar-refractivity contribution in [3.63, 3.8) is 0 Å². The fraction of sp³-hybridized carbons (Fsp3) is 0.333. The summed E-state index contributed by atoms with van der Waals surface area (Å²) in [5.41, 5.74) is 7.93. The smallest absolute Gasteiger partial charge is 0.354 e. The van der Waals surface area contributed by atoms with Gasteiger partial charge in [0.1, 0.15) is 17.1 Å². The molecule has 0 aliphatic heterocycles. The molecule has 0 saturated carbocycles. The maximum atomic E-state index is 11.1. The van der Waals surface area contributed by atoms with Gasteiger partial charge in [0.05, 0.1) is 0 Å². The van der Waals surface area contributed by atoms with Crippen molar-refractivity contribution >= 4 is 5.97 Å². The maximum absolute atomic E-state index is 11.1. The molecule has 8 nitrogen and oxygen atoms in total. The molecule has 0 bridgehead atoms. The number of nitrogens with two attached hydrogens (primary N) is 1. The number of aromatic nitrogens is 4. The minimum atomic E-state index is -1.06. The predicted octanol–water partition coefficient (Wildman–Crippen LogP) is -0.244. The summed E-state index contributed by atoms with van der Waals surface area (Å²) in [4.78, 5) is 11.1. The van der Waals surface area contributed by atoms with Crippen LogP contribution >= 0.6 is 0 Å². The van der Waals surface area contributed by atoms with E-state index >= 15 is 0 Å². The number of aromatic carboxylic acids is 1. The zero-order valence-electron chi connectivity index (χ0n) is 8.67. The number of H-pyrrole nitrogens is 1. The molecule has 2 aromatic heterocycles. The highest BCUT2D eigenvalue weighted by Gasteiger charge is 2.34. The van der Waals surface area contributed by atoms with Crippen molar-refractivity contribution < 1.29 is 14.5 Å². The standard InChI is InChI=1S/C9H9N5O3/c10-2-3-1-4-6(14-17-13-4)7-5(3)8(9(15)16)12-11-7/h3H,1-2,10H2,(H,11,12)(H,15,16). The van der Waals surface area contributed by atoms with E-state index in [4.69, 9.17) is 10.8 Å². The van der Waals surface area contributed by atoms with E-state index < -0.39 is 5.97 Å². The molecule has 2 aromatic rings. The van der Waals surface area contributed by atoms with Gasteiger partial charge in [-0.1, -0.05) is 5.16 Å². The molecule has 4 N–H and O–H groups in total. The molecule has 0 saturated heterocycles. The number of nitrogens with zero attached hydrogens (tertiary/aromatic N) is 3. The molecular formula is C9H9N5O3. The lowest BCUT2D eigenvalue weighted by atomic mass is 9.86. The summed E-state index contributed by atoms with van der Waals surface area (Å²) in [6.45, 7) is 0.319. The number of rotatable bonds is 2. The van der Waals surface area contributed by atoms with Gasteiger partial charge in [0.25, 0.3) is 0 Å². The Hall–Kier alpha value is -2.22. The van der Waals surface area contributed by atoms with E-state index in [1.54, 1.807) is 0 Å². The molecule has 1 unspecified atom stereocenters. The van der Waals surface area contributed by atoms with Crippen LogP contribution in [0.3, 0.4) is 0 Å². The van der Waals surface area contributed by atoms with Crippen LogP contribution < -0.4 is 5.73 Å². The first-order valence-corrected chi connectivity index (χ1v) is 5.05. The topological polar surface area (TPSA) is 131 Å². The van der Waals surface area contributed by atoms with Crippen LogP contribution in [0.2, 0.25) is 0 Å². The molecule has 1 aliphatic carbocycles. The van der Waals surface area contributed by atoms with Gasteiger partial charge >= 0.3 is 5.97 Å². The zero-order chi connectivity index (χ0) is 12.0. The Bertz CT molecular complexity index is 587. The van der Waals surface area contributed by atoms with E-state index in [1.807, 2.05) is 0 Å². The van der Waals surface area contributed by atoms with Crippen molar-refractivity contribution in [3.8, 4) is 11.4 Å². The Morgan fingerprint density at radius 2 is 2.35 bits per heavy atom. The first kappa shape index (κ1) is 9.97. The average molecular weight is 235 g/mol. The van der Waals surface area contributed by atoms with E-state index in [9.17, 15) is 4.79 Å². The number of fused-ring (bicyclic) bond motifs is 3. The SMILES string of the molecule is NCC1Cc2nonc2-c2n[nH]c(C(=O)O)c21. The predicted molar refractivity (Wildman–Crippen MR) is 54.3 cm³/mol. The van der Waals surface area contributed by atoms with Gasteiger partial charge in [0, 0.05) is 17.9 Å². The van der Waals surface area contributed by atoms with E-state index in [-0.39, 0.29) is 11.6 Å². The summed E-state index contributed by atoms with van der Waals surface area (Å²) in [5, 5.41) is 23.0. The van der Waals surface area contributed by atoms with Crippen molar-refractivity contribution in [1.29, 1.82) is 0 Å². The first-order chi connectivity index (χ1) is 8.22. The highest BCUT2D eigenvalue weighted by molar-refractivity contribution is 5.90. The van der Waals surface area contributed by atoms with Crippen LogP contribution in [0.15, 0.2) is 4.63 Å². The average Bonchev–Trinajstić information content (AvgIpc) is 2.93. The van der Waals surface area contributed by atoms with Crippen LogP contribution in [-0.2, 0) is 6.42 Å². The van der Waals surface area contributed by atoms with Crippen molar-refractivity contribution in [2.75, 3.05) is 6.54 Å². The lowest BCUT2D eigenvalue weighted by Gasteiger charge is -2.18. The monoisotopic (exact) mass is 235 g/mol. The highest BCUT2D eigenvalue weighted by atomic mass is 16.6. The molecule has 3 rings (SSSR count). The third-order valence-corrected chi connectivity index (χ3v) is 2.93. The molecule has 8 heteroatoms. The second-order valence-corrected chi connectivity index (χ2v) is 3.86. The van der Waals surface area contributed by atoms with Crippen molar-refractivity contribution in [2.24, 2.45) is 5.73 Å². The number of hydrogen-bond acceptors (Lipinski definition) is 6. The van der Waals surface area contributed by atoms with Crippen molar-refractivity contribution in [3.05, 3.63) is 17.0 Å². The number of aromatic amines is 1. The fourth-order valence-corrected chi connectivity index (χ4v) is 2.15. The number of carboxylic acids is 1. The van der Waals surface area contributed by atoms with Gasteiger partial charge in [0.2, 0.25) is 0 Å². The summed E-state index contributed by atoms with van der Waals surface area (Å²) in [7, 11) is 0. The lowest BCUT2D eigenvalue weighted by molar-refractivity contribution is 0.0688. The van der Waals surface area contributed by atoms with Crippen LogP contribution in [0.1, 0.15) is 27.7 Å². The van der Waals surface area contributed by atoms with Crippen LogP contribution in [0.4, 0.5) is 0 Å². The fourth-order valence-electron chi connectivity index (χ4n) is 2.15. The second-order valence-electron chi connectivity index (χ2n) is 3.86. The quantitative estimate of drug-likeness (QED) is 0.654. The van der Waals surface area contributed by atoms with E-state index in [0.717, 1.165) is 0 Å². The van der Waals surface area contributed by atoms with Gasteiger partial charge in [-0.25, -0.2) is 9.42 Å². The van der Waals surface area contributed by atoms with Gasteiger partial charge < -0.3 is 10.8 Å². The van der Waals surface area contributed by atoms with Crippen LogP contribution in [0.25, 0.3) is 11.4 Å². The lowest BCUT2D eigenvalue weighted by Crippen LogP contribution is -2.21. The second kappa shape index (κ2) is 3.39. The van der Waals surface area contributed by atoms with Crippen molar-refractivity contribution in [1.82, 2.24) is 20.5 Å². The Morgan fingerprint density at radius 3 is 3.06 bits per heavy atom. The Labute approximate surface area is 94.8 Å². The molecular weight excluding hydrogens is 226 g/mol. The Balaban J connectivity index is 2.24. The molecule has 2 heterocycles. The van der Waals surface area contributed by atoms with Crippen LogP contribution in [-0.4, -0.2) is 38.1 Å². The molecule has 1 atom stereocenters. The number of carboxylic acid groups (broad SMARTS) is 1. The molecule has 0 fully saturated rings. The minimum Gasteiger partial charge on any atom is -0.477 e. The number of nitrogens with one attached hydrogen (secondary N) is 1. The third kappa shape index (κ3) is 1.27. The first-order valence-electron chi connectivity index (χ1n) is 5.05. The highest BCUT2D eigenvalue weighted by Crippen LogP contribution is 2.37. The summed E-state index contributed by atoms with van der Waals surface area (Å²) >= 11 is 0. The van der Waals surface area contributed by atoms with Gasteiger partial charge in [0.15, 0.2) is 5.69 Å². The largest absolute Gasteiger partial charge is 0.477 e. The van der Waals surface area contributed by atoms with E-state index in [1.165, 1.54) is 0 Å². The molecule has 0 aromatic carbocycles. The van der Waals surface area contributed by atoms with Crippen LogP contribution in [0.5, 0.6) is 0 Å². The number of hydrogen-bond donors (Lipinski definition) is 3. The van der Waals surface area contributed by atoms with E-state index in [0.29, 0.717) is 35.6 Å². The van der Waals surface area contributed by atoms with Gasteiger partial charge in [-0.2, -0.15) is 5.10 Å². The summed E-state index contributed by atoms with van der Waals surface area (Å²) in [6.07, 6.45) is 0.516. The van der Waals surface area contributed by atoms with Gasteiger partial charge in [-0.3, -0.25) is 5.10 Å². The minimum absolute atomic E-state index is 0.0594. The molecule has 0 spiro atoms. The van der Waals surface area contributed by atoms with Crippen molar-refractivity contribution in [2.45, 2.75) is 12.3 Å². The van der Waals surface area contributed by atoms with E-state index in [2.05, 4.69) is 25.1 Å². The molecule has 17 heavy (non-hydrogen) atoms. The Morgan fingerprint density at radius 1 is 1.53 bits per heavy atom.